The fourth-order valence-corrected chi connectivity index (χ4v) is 6.96. The van der Waals surface area contributed by atoms with Crippen molar-refractivity contribution in [1.29, 1.82) is 0 Å². The van der Waals surface area contributed by atoms with Crippen LogP contribution in [0.1, 0.15) is 6.23 Å². The van der Waals surface area contributed by atoms with Gasteiger partial charge in [-0.05, 0) is 0 Å². The normalized spacial score (nSPS) is 38.6. The van der Waals surface area contributed by atoms with Crippen molar-refractivity contribution in [1.82, 2.24) is 9.55 Å². The van der Waals surface area contributed by atoms with Gasteiger partial charge < -0.3 is 34.8 Å². The minimum atomic E-state index is -5.70. The summed E-state index contributed by atoms with van der Waals surface area (Å²) in [6.45, 7) is -0.233. The number of ether oxygens (including phenoxy) is 2. The van der Waals surface area contributed by atoms with E-state index >= 15 is 0 Å². The van der Waals surface area contributed by atoms with E-state index in [-0.39, 0.29) is 6.61 Å². The first-order valence-corrected chi connectivity index (χ1v) is 12.3. The molecule has 3 heterocycles. The summed E-state index contributed by atoms with van der Waals surface area (Å²) in [6, 6.07) is 1.05. The number of rotatable bonds is 7. The second kappa shape index (κ2) is 6.49. The average molecular weight is 493 g/mol. The Labute approximate surface area is 164 Å². The molecule has 7 N–H and O–H groups in total. The zero-order chi connectivity index (χ0) is 22.3. The predicted molar refractivity (Wildman–Crippen MR) is 89.6 cm³/mol. The van der Waals surface area contributed by atoms with Crippen LogP contribution in [-0.2, 0) is 36.3 Å². The van der Waals surface area contributed by atoms with Crippen molar-refractivity contribution in [2.24, 2.45) is 5.73 Å². The maximum atomic E-state index is 12.1. The van der Waals surface area contributed by atoms with Crippen LogP contribution in [0.3, 0.4) is 0 Å². The van der Waals surface area contributed by atoms with Crippen LogP contribution in [0.4, 0.5) is 0 Å². The number of H-pyrrole nitrogens is 1. The Balaban J connectivity index is 1.51. The molecule has 4 rings (SSSR count). The summed E-state index contributed by atoms with van der Waals surface area (Å²) in [7, 11) is -16.7. The van der Waals surface area contributed by atoms with Crippen molar-refractivity contribution in [3.63, 3.8) is 0 Å². The summed E-state index contributed by atoms with van der Waals surface area (Å²) in [4.78, 5) is 61.2. The van der Waals surface area contributed by atoms with E-state index in [1.54, 1.807) is 0 Å². The highest BCUT2D eigenvalue weighted by molar-refractivity contribution is 7.66. The number of nitrogens with one attached hydrogen (secondary N) is 1. The molecule has 30 heavy (non-hydrogen) atoms. The van der Waals surface area contributed by atoms with Crippen molar-refractivity contribution >= 4 is 23.5 Å². The van der Waals surface area contributed by atoms with Crippen LogP contribution in [0, 0.1) is 0 Å². The lowest BCUT2D eigenvalue weighted by atomic mass is 10.1. The summed E-state index contributed by atoms with van der Waals surface area (Å²) in [6.07, 6.45) is -2.48. The van der Waals surface area contributed by atoms with Crippen LogP contribution >= 0.6 is 23.5 Å². The van der Waals surface area contributed by atoms with Gasteiger partial charge in [0.2, 0.25) is 0 Å². The molecule has 168 valence electrons. The Bertz CT molecular complexity index is 1150. The van der Waals surface area contributed by atoms with Crippen LogP contribution in [0.5, 0.6) is 0 Å². The van der Waals surface area contributed by atoms with Gasteiger partial charge in [-0.3, -0.25) is 18.9 Å². The molecule has 2 bridgehead atoms. The molecule has 0 aromatic carbocycles. The van der Waals surface area contributed by atoms with Gasteiger partial charge in [0.1, 0.15) is 23.3 Å². The van der Waals surface area contributed by atoms with E-state index in [2.05, 4.69) is 8.62 Å². The molecule has 1 aromatic rings. The molecule has 1 aromatic heterocycles. The Morgan fingerprint density at radius 2 is 1.83 bits per heavy atom. The quantitative estimate of drug-likeness (QED) is 0.217. The van der Waals surface area contributed by atoms with E-state index in [0.29, 0.717) is 0 Å². The predicted octanol–water partition coefficient (Wildman–Crippen LogP) is -2.37. The molecule has 1 aliphatic carbocycles. The molecule has 0 amide bonds. The van der Waals surface area contributed by atoms with Gasteiger partial charge >= 0.3 is 29.2 Å². The number of phosphoric ester groups is 1. The third-order valence-electron chi connectivity index (χ3n) is 4.82. The largest absolute Gasteiger partial charge is 0.490 e. The van der Waals surface area contributed by atoms with Gasteiger partial charge in [0, 0.05) is 12.3 Å². The van der Waals surface area contributed by atoms with Crippen molar-refractivity contribution in [2.75, 3.05) is 6.61 Å². The van der Waals surface area contributed by atoms with Crippen LogP contribution in [0.25, 0.3) is 0 Å². The summed E-state index contributed by atoms with van der Waals surface area (Å²) in [5, 5.41) is 0. The highest BCUT2D eigenvalue weighted by Crippen LogP contribution is 2.73. The average Bonchev–Trinajstić information content (AvgIpc) is 2.80. The van der Waals surface area contributed by atoms with E-state index in [9.17, 15) is 33.1 Å². The lowest BCUT2D eigenvalue weighted by Crippen LogP contribution is -2.47. The van der Waals surface area contributed by atoms with Gasteiger partial charge in [-0.2, -0.15) is 8.62 Å². The highest BCUT2D eigenvalue weighted by Gasteiger charge is 2.92. The minimum Gasteiger partial charge on any atom is -0.368 e. The molecule has 3 unspecified atom stereocenters. The zero-order valence-electron chi connectivity index (χ0n) is 14.3. The molecule has 17 nitrogen and oxygen atoms in total. The number of nitrogens with zero attached hydrogens (tertiary/aromatic N) is 1. The van der Waals surface area contributed by atoms with E-state index in [4.69, 9.17) is 29.5 Å². The molecule has 3 fully saturated rings. The number of aromatic nitrogens is 2. The third-order valence-corrected chi connectivity index (χ3v) is 8.63. The first kappa shape index (κ1) is 22.2. The van der Waals surface area contributed by atoms with Crippen LogP contribution in [0.2, 0.25) is 0 Å². The van der Waals surface area contributed by atoms with Crippen LogP contribution in [-0.4, -0.2) is 59.1 Å². The fourth-order valence-electron chi connectivity index (χ4n) is 3.69. The smallest absolute Gasteiger partial charge is 0.368 e. The van der Waals surface area contributed by atoms with Gasteiger partial charge in [-0.15, -0.1) is 0 Å². The number of hydrogen-bond acceptors (Lipinski definition) is 11. The van der Waals surface area contributed by atoms with Gasteiger partial charge in [0.25, 0.3) is 5.56 Å². The van der Waals surface area contributed by atoms with E-state index in [1.807, 2.05) is 4.98 Å². The topological polar surface area (TPSA) is 259 Å². The van der Waals surface area contributed by atoms with Gasteiger partial charge in [-0.1, -0.05) is 0 Å². The minimum absolute atomic E-state index is 0.233. The van der Waals surface area contributed by atoms with Crippen molar-refractivity contribution in [3.8, 4) is 0 Å². The first-order valence-electron chi connectivity index (χ1n) is 7.82. The molecular formula is C10H14N3O14P3. The third kappa shape index (κ3) is 3.42. The first-order chi connectivity index (χ1) is 13.6. The lowest BCUT2D eigenvalue weighted by Gasteiger charge is -2.32. The molecular weight excluding hydrogens is 479 g/mol. The molecule has 2 saturated heterocycles. The SMILES string of the molecule is N[C@]12C(OP(=O)(O)OP(=O)(O)OP(=O)(O)O)[C@]13CO[C@H]2[C@H](n1ccc(=O)[nH]c1=O)O3. The monoisotopic (exact) mass is 493 g/mol. The Morgan fingerprint density at radius 3 is 2.37 bits per heavy atom. The van der Waals surface area contributed by atoms with Crippen molar-refractivity contribution in [2.45, 2.75) is 29.6 Å². The molecule has 1 saturated carbocycles. The van der Waals surface area contributed by atoms with Gasteiger partial charge in [0.05, 0.1) is 6.61 Å². The number of nitrogens with two attached hydrogens (primary N) is 1. The Hall–Kier alpha value is -1.03. The zero-order valence-corrected chi connectivity index (χ0v) is 17.0. The number of phosphoric acid groups is 3. The van der Waals surface area contributed by atoms with Crippen molar-refractivity contribution in [3.05, 3.63) is 33.1 Å². The summed E-state index contributed by atoms with van der Waals surface area (Å²) in [5.74, 6) is 0. The Kier molecular flexibility index (Phi) is 4.80. The molecule has 0 spiro atoms. The molecule has 7 atom stereocenters. The van der Waals surface area contributed by atoms with E-state index in [0.717, 1.165) is 16.8 Å². The summed E-state index contributed by atoms with van der Waals surface area (Å²) in [5.41, 5.74) is 1.57. The number of hydrogen-bond donors (Lipinski definition) is 6. The summed E-state index contributed by atoms with van der Waals surface area (Å²) < 4.78 is 58.4. The maximum absolute atomic E-state index is 12.1. The standard InChI is InChI=1S/C10H14N3O14P3/c11-10-5-6(13-2-1-4(14)12-8(13)15)24-9(10,3-23-5)7(10)25-29(19,20)27-30(21,22)26-28(16,17)18/h1-2,5-7H,3,11H2,(H,19,20)(H,21,22)(H,12,14,15)(H2,16,17,18)/t5-,6+,7?,9+,10+/m0/s1. The van der Waals surface area contributed by atoms with E-state index in [1.165, 1.54) is 0 Å². The summed E-state index contributed by atoms with van der Waals surface area (Å²) >= 11 is 0. The lowest BCUT2D eigenvalue weighted by molar-refractivity contribution is -0.188. The molecule has 2 aliphatic heterocycles. The Morgan fingerprint density at radius 1 is 1.17 bits per heavy atom. The maximum Gasteiger partial charge on any atom is 0.490 e. The van der Waals surface area contributed by atoms with E-state index < -0.39 is 64.3 Å². The van der Waals surface area contributed by atoms with Gasteiger partial charge in [-0.25, -0.2) is 18.5 Å². The molecule has 3 aliphatic rings. The molecule has 20 heteroatoms. The van der Waals surface area contributed by atoms with Crippen molar-refractivity contribution < 1.29 is 55.9 Å². The second-order valence-electron chi connectivity index (χ2n) is 6.66. The second-order valence-corrected chi connectivity index (χ2v) is 11.0. The number of aromatic amines is 1. The fraction of sp³-hybridized carbons (Fsp3) is 0.600. The highest BCUT2D eigenvalue weighted by atomic mass is 31.3. The van der Waals surface area contributed by atoms with Gasteiger partial charge in [0.15, 0.2) is 6.23 Å². The van der Waals surface area contributed by atoms with Crippen LogP contribution < -0.4 is 17.0 Å². The molecule has 0 radical (unpaired) electrons. The van der Waals surface area contributed by atoms with Crippen LogP contribution in [0.15, 0.2) is 21.9 Å².